The lowest BCUT2D eigenvalue weighted by atomic mass is 9.85. The van der Waals surface area contributed by atoms with E-state index in [4.69, 9.17) is 14.8 Å². The van der Waals surface area contributed by atoms with Crippen LogP contribution in [0.3, 0.4) is 0 Å². The van der Waals surface area contributed by atoms with Crippen LogP contribution < -0.4 is 5.73 Å². The molecule has 2 unspecified atom stereocenters. The zero-order chi connectivity index (χ0) is 18.3. The Kier molecular flexibility index (Phi) is 7.39. The fourth-order valence-electron chi connectivity index (χ4n) is 3.26. The quantitative estimate of drug-likeness (QED) is 0.660. The van der Waals surface area contributed by atoms with E-state index < -0.39 is 7.60 Å². The van der Waals surface area contributed by atoms with Crippen molar-refractivity contribution in [3.8, 4) is 0 Å². The van der Waals surface area contributed by atoms with Gasteiger partial charge in [-0.05, 0) is 30.0 Å². The molecule has 0 saturated carbocycles. The standard InChI is InChI=1S/C20H28NO3P/c1-16(15-21)14-19(25(22,23-2)24-3)20(17-10-6-4-7-11-17)18-12-8-5-9-13-18/h4-13,16,19-20H,14-15,21H2,1-3H3. The van der Waals surface area contributed by atoms with Crippen molar-refractivity contribution in [1.29, 1.82) is 0 Å². The molecule has 0 bridgehead atoms. The molecule has 4 nitrogen and oxygen atoms in total. The van der Waals surface area contributed by atoms with Gasteiger partial charge in [0.2, 0.25) is 0 Å². The molecule has 2 aromatic carbocycles. The normalized spacial score (nSPS) is 14.4. The summed E-state index contributed by atoms with van der Waals surface area (Å²) >= 11 is 0. The number of hydrogen-bond acceptors (Lipinski definition) is 4. The molecule has 2 rings (SSSR count). The summed E-state index contributed by atoms with van der Waals surface area (Å²) in [5.41, 5.74) is 7.73. The van der Waals surface area contributed by atoms with E-state index in [1.165, 1.54) is 14.2 Å². The van der Waals surface area contributed by atoms with E-state index in [1.54, 1.807) is 0 Å². The van der Waals surface area contributed by atoms with E-state index in [-0.39, 0.29) is 17.5 Å². The summed E-state index contributed by atoms with van der Waals surface area (Å²) in [6, 6.07) is 20.2. The predicted octanol–water partition coefficient (Wildman–Crippen LogP) is 4.66. The molecule has 2 N–H and O–H groups in total. The summed E-state index contributed by atoms with van der Waals surface area (Å²) in [6.45, 7) is 2.59. The monoisotopic (exact) mass is 361 g/mol. The van der Waals surface area contributed by atoms with E-state index >= 15 is 0 Å². The maximum absolute atomic E-state index is 13.4. The van der Waals surface area contributed by atoms with Gasteiger partial charge in [0.1, 0.15) is 0 Å². The first kappa shape index (κ1) is 19.9. The minimum atomic E-state index is -3.30. The van der Waals surface area contributed by atoms with Crippen molar-refractivity contribution in [2.75, 3.05) is 20.8 Å². The summed E-state index contributed by atoms with van der Waals surface area (Å²) in [6.07, 6.45) is 0.657. The van der Waals surface area contributed by atoms with Gasteiger partial charge in [-0.2, -0.15) is 0 Å². The maximum Gasteiger partial charge on any atom is 0.334 e. The van der Waals surface area contributed by atoms with E-state index in [1.807, 2.05) is 36.4 Å². The Hall–Kier alpha value is -1.45. The van der Waals surface area contributed by atoms with Gasteiger partial charge in [-0.25, -0.2) is 0 Å². The summed E-state index contributed by atoms with van der Waals surface area (Å²) < 4.78 is 24.2. The summed E-state index contributed by atoms with van der Waals surface area (Å²) in [5, 5.41) is 0. The molecule has 2 atom stereocenters. The minimum absolute atomic E-state index is 0.0952. The first-order valence-corrected chi connectivity index (χ1v) is 10.2. The van der Waals surface area contributed by atoms with Crippen LogP contribution >= 0.6 is 7.60 Å². The van der Waals surface area contributed by atoms with Crippen molar-refractivity contribution in [3.63, 3.8) is 0 Å². The molecule has 0 fully saturated rings. The molecule has 0 aromatic heterocycles. The van der Waals surface area contributed by atoms with Crippen molar-refractivity contribution >= 4 is 7.60 Å². The highest BCUT2D eigenvalue weighted by molar-refractivity contribution is 7.54. The Balaban J connectivity index is 2.58. The minimum Gasteiger partial charge on any atom is -0.330 e. The predicted molar refractivity (Wildman–Crippen MR) is 103 cm³/mol. The molecule has 0 amide bonds. The largest absolute Gasteiger partial charge is 0.334 e. The molecule has 2 aromatic rings. The fourth-order valence-corrected chi connectivity index (χ4v) is 5.28. The molecule has 0 spiro atoms. The molecular formula is C20H28NO3P. The Bertz CT molecular complexity index is 630. The van der Waals surface area contributed by atoms with Crippen LogP contribution in [0.4, 0.5) is 0 Å². The maximum atomic E-state index is 13.4. The van der Waals surface area contributed by atoms with Gasteiger partial charge < -0.3 is 14.8 Å². The number of hydrogen-bond donors (Lipinski definition) is 1. The van der Waals surface area contributed by atoms with Crippen molar-refractivity contribution in [2.24, 2.45) is 11.7 Å². The average molecular weight is 361 g/mol. The van der Waals surface area contributed by atoms with Crippen LogP contribution in [0, 0.1) is 5.92 Å². The van der Waals surface area contributed by atoms with E-state index in [2.05, 4.69) is 31.2 Å². The first-order chi connectivity index (χ1) is 12.1. The van der Waals surface area contributed by atoms with Gasteiger partial charge in [0.25, 0.3) is 0 Å². The number of nitrogens with two attached hydrogens (primary N) is 1. The zero-order valence-electron chi connectivity index (χ0n) is 15.2. The Morgan fingerprint density at radius 1 is 0.920 bits per heavy atom. The first-order valence-electron chi connectivity index (χ1n) is 8.56. The topological polar surface area (TPSA) is 61.5 Å². The van der Waals surface area contributed by atoms with Gasteiger partial charge in [0, 0.05) is 20.1 Å². The average Bonchev–Trinajstić information content (AvgIpc) is 2.68. The van der Waals surface area contributed by atoms with Crippen LogP contribution in [-0.4, -0.2) is 26.4 Å². The van der Waals surface area contributed by atoms with Crippen LogP contribution in [0.2, 0.25) is 0 Å². The van der Waals surface area contributed by atoms with Gasteiger partial charge in [-0.3, -0.25) is 4.57 Å². The number of benzene rings is 2. The fraction of sp³-hybridized carbons (Fsp3) is 0.400. The molecule has 25 heavy (non-hydrogen) atoms. The van der Waals surface area contributed by atoms with Gasteiger partial charge in [0.15, 0.2) is 0 Å². The zero-order valence-corrected chi connectivity index (χ0v) is 16.1. The Morgan fingerprint density at radius 2 is 1.36 bits per heavy atom. The van der Waals surface area contributed by atoms with Crippen LogP contribution in [0.5, 0.6) is 0 Å². The Morgan fingerprint density at radius 3 is 1.72 bits per heavy atom. The van der Waals surface area contributed by atoms with E-state index in [9.17, 15) is 4.57 Å². The van der Waals surface area contributed by atoms with E-state index in [0.717, 1.165) is 11.1 Å². The highest BCUT2D eigenvalue weighted by Crippen LogP contribution is 2.59. The smallest absolute Gasteiger partial charge is 0.330 e. The van der Waals surface area contributed by atoms with Gasteiger partial charge in [0.05, 0.1) is 5.66 Å². The molecule has 136 valence electrons. The Labute approximate surface area is 150 Å². The molecule has 0 aliphatic heterocycles. The molecular weight excluding hydrogens is 333 g/mol. The third-order valence-electron chi connectivity index (χ3n) is 4.66. The highest BCUT2D eigenvalue weighted by Gasteiger charge is 2.41. The third-order valence-corrected chi connectivity index (χ3v) is 7.00. The second-order valence-corrected chi connectivity index (χ2v) is 8.82. The van der Waals surface area contributed by atoms with Crippen LogP contribution in [0.15, 0.2) is 60.7 Å². The van der Waals surface area contributed by atoms with Crippen LogP contribution in [0.1, 0.15) is 30.4 Å². The molecule has 5 heteroatoms. The highest BCUT2D eigenvalue weighted by atomic mass is 31.2. The van der Waals surface area contributed by atoms with E-state index in [0.29, 0.717) is 13.0 Å². The molecule has 0 aliphatic carbocycles. The molecule has 0 saturated heterocycles. The van der Waals surface area contributed by atoms with Gasteiger partial charge in [-0.1, -0.05) is 67.6 Å². The lowest BCUT2D eigenvalue weighted by Crippen LogP contribution is -2.27. The summed E-state index contributed by atoms with van der Waals surface area (Å²) in [7, 11) is -0.389. The lowest BCUT2D eigenvalue weighted by Gasteiger charge is -2.33. The summed E-state index contributed by atoms with van der Waals surface area (Å²) in [4.78, 5) is 0. The van der Waals surface area contributed by atoms with Crippen LogP contribution in [-0.2, 0) is 13.6 Å². The van der Waals surface area contributed by atoms with Crippen molar-refractivity contribution in [2.45, 2.75) is 24.9 Å². The van der Waals surface area contributed by atoms with Crippen molar-refractivity contribution in [1.82, 2.24) is 0 Å². The molecule has 0 aliphatic rings. The second kappa shape index (κ2) is 9.30. The third kappa shape index (κ3) is 4.80. The molecule has 0 radical (unpaired) electrons. The van der Waals surface area contributed by atoms with Gasteiger partial charge in [-0.15, -0.1) is 0 Å². The second-order valence-electron chi connectivity index (χ2n) is 6.35. The molecule has 0 heterocycles. The SMILES string of the molecule is COP(=O)(OC)C(CC(C)CN)C(c1ccccc1)c1ccccc1. The lowest BCUT2D eigenvalue weighted by molar-refractivity contribution is 0.256. The van der Waals surface area contributed by atoms with Crippen molar-refractivity contribution < 1.29 is 13.6 Å². The summed E-state index contributed by atoms with van der Waals surface area (Å²) in [5.74, 6) is 0.112. The van der Waals surface area contributed by atoms with Gasteiger partial charge >= 0.3 is 7.60 Å². The van der Waals surface area contributed by atoms with Crippen molar-refractivity contribution in [3.05, 3.63) is 71.8 Å². The number of rotatable bonds is 9. The van der Waals surface area contributed by atoms with Crippen LogP contribution in [0.25, 0.3) is 0 Å².